The summed E-state index contributed by atoms with van der Waals surface area (Å²) in [6, 6.07) is 0. The van der Waals surface area contributed by atoms with Crippen molar-refractivity contribution in [3.63, 3.8) is 0 Å². The molecule has 2 heterocycles. The molecular weight excluding hydrogens is 241 g/mol. The standard InChI is InChI=1S/C8H5F3N4O2/c9-8(10,11)3-4(6(12)16)14-15-2-1-13-7(17)5(3)15/h1-2H,(H2,12,16)(H,13,17). The molecule has 0 radical (unpaired) electrons. The Kier molecular flexibility index (Phi) is 2.19. The van der Waals surface area contributed by atoms with Crippen LogP contribution in [0.25, 0.3) is 5.52 Å². The molecule has 0 saturated heterocycles. The molecule has 2 aromatic rings. The number of carbonyl (C=O) groups is 1. The van der Waals surface area contributed by atoms with Gasteiger partial charge in [-0.1, -0.05) is 0 Å². The van der Waals surface area contributed by atoms with Crippen LogP contribution in [0.2, 0.25) is 0 Å². The lowest BCUT2D eigenvalue weighted by Crippen LogP contribution is -2.19. The van der Waals surface area contributed by atoms with Crippen LogP contribution < -0.4 is 11.3 Å². The summed E-state index contributed by atoms with van der Waals surface area (Å²) in [7, 11) is 0. The van der Waals surface area contributed by atoms with Crippen molar-refractivity contribution in [2.45, 2.75) is 6.18 Å². The highest BCUT2D eigenvalue weighted by Gasteiger charge is 2.40. The zero-order chi connectivity index (χ0) is 12.8. The Bertz CT molecular complexity index is 655. The van der Waals surface area contributed by atoms with Gasteiger partial charge in [0.15, 0.2) is 5.69 Å². The van der Waals surface area contributed by atoms with Crippen molar-refractivity contribution < 1.29 is 18.0 Å². The van der Waals surface area contributed by atoms with Crippen LogP contribution in [0.1, 0.15) is 16.1 Å². The molecule has 0 aromatic carbocycles. The van der Waals surface area contributed by atoms with Gasteiger partial charge in [0.2, 0.25) is 0 Å². The highest BCUT2D eigenvalue weighted by atomic mass is 19.4. The molecule has 9 heteroatoms. The lowest BCUT2D eigenvalue weighted by molar-refractivity contribution is -0.136. The molecule has 0 aliphatic heterocycles. The van der Waals surface area contributed by atoms with E-state index in [0.717, 1.165) is 12.4 Å². The van der Waals surface area contributed by atoms with E-state index in [1.54, 1.807) is 0 Å². The van der Waals surface area contributed by atoms with Crippen molar-refractivity contribution in [1.29, 1.82) is 0 Å². The number of alkyl halides is 3. The minimum Gasteiger partial charge on any atom is -0.364 e. The fourth-order valence-corrected chi connectivity index (χ4v) is 1.45. The minimum absolute atomic E-state index is 0.668. The number of amides is 1. The molecule has 0 unspecified atom stereocenters. The topological polar surface area (TPSA) is 93.2 Å². The average Bonchev–Trinajstić information content (AvgIpc) is 2.57. The predicted octanol–water partition coefficient (Wildman–Crippen LogP) is 0.140. The highest BCUT2D eigenvalue weighted by molar-refractivity contribution is 5.94. The number of aromatic nitrogens is 3. The zero-order valence-corrected chi connectivity index (χ0v) is 8.08. The number of halogens is 3. The summed E-state index contributed by atoms with van der Waals surface area (Å²) in [5.74, 6) is -1.35. The van der Waals surface area contributed by atoms with Crippen molar-refractivity contribution in [3.05, 3.63) is 34.0 Å². The minimum atomic E-state index is -4.89. The molecule has 0 atom stereocenters. The largest absolute Gasteiger partial charge is 0.421 e. The zero-order valence-electron chi connectivity index (χ0n) is 8.08. The number of carbonyl (C=O) groups excluding carboxylic acids is 1. The summed E-state index contributed by atoms with van der Waals surface area (Å²) in [4.78, 5) is 24.3. The maximum Gasteiger partial charge on any atom is 0.421 e. The van der Waals surface area contributed by atoms with Crippen LogP contribution in [0.4, 0.5) is 13.2 Å². The molecule has 3 N–H and O–H groups in total. The number of nitrogens with two attached hydrogens (primary N) is 1. The molecule has 0 aliphatic rings. The first kappa shape index (κ1) is 11.2. The molecule has 6 nitrogen and oxygen atoms in total. The van der Waals surface area contributed by atoms with Crippen molar-refractivity contribution in [3.8, 4) is 0 Å². The Hall–Kier alpha value is -2.32. The molecule has 17 heavy (non-hydrogen) atoms. The van der Waals surface area contributed by atoms with Crippen LogP contribution in [-0.4, -0.2) is 20.5 Å². The van der Waals surface area contributed by atoms with Crippen LogP contribution in [0.3, 0.4) is 0 Å². The van der Waals surface area contributed by atoms with E-state index in [4.69, 9.17) is 5.73 Å². The Balaban J connectivity index is 2.99. The number of hydrogen-bond donors (Lipinski definition) is 2. The second-order valence-electron chi connectivity index (χ2n) is 3.17. The van der Waals surface area contributed by atoms with E-state index in [-0.39, 0.29) is 0 Å². The van der Waals surface area contributed by atoms with Gasteiger partial charge in [0.25, 0.3) is 11.5 Å². The van der Waals surface area contributed by atoms with Gasteiger partial charge >= 0.3 is 6.18 Å². The fourth-order valence-electron chi connectivity index (χ4n) is 1.45. The first-order chi connectivity index (χ1) is 7.82. The maximum absolute atomic E-state index is 12.7. The number of nitrogens with zero attached hydrogens (tertiary/aromatic N) is 2. The SMILES string of the molecule is NC(=O)c1nn2cc[nH]c(=O)c2c1C(F)(F)F. The molecule has 0 spiro atoms. The van der Waals surface area contributed by atoms with Crippen molar-refractivity contribution >= 4 is 11.4 Å². The van der Waals surface area contributed by atoms with Gasteiger partial charge in [-0.05, 0) is 0 Å². The molecule has 0 fully saturated rings. The van der Waals surface area contributed by atoms with E-state index in [9.17, 15) is 22.8 Å². The monoisotopic (exact) mass is 246 g/mol. The van der Waals surface area contributed by atoms with Crippen LogP contribution in [0.5, 0.6) is 0 Å². The van der Waals surface area contributed by atoms with Crippen molar-refractivity contribution in [2.24, 2.45) is 5.73 Å². The molecule has 0 bridgehead atoms. The first-order valence-electron chi connectivity index (χ1n) is 4.29. The van der Waals surface area contributed by atoms with Gasteiger partial charge in [0.05, 0.1) is 0 Å². The average molecular weight is 246 g/mol. The van der Waals surface area contributed by atoms with Crippen molar-refractivity contribution in [1.82, 2.24) is 14.6 Å². The second-order valence-corrected chi connectivity index (χ2v) is 3.17. The number of aromatic amines is 1. The van der Waals surface area contributed by atoms with Crippen LogP contribution in [0.15, 0.2) is 17.2 Å². The molecule has 0 aliphatic carbocycles. The number of primary amides is 1. The first-order valence-corrected chi connectivity index (χ1v) is 4.29. The molecule has 2 aromatic heterocycles. The Morgan fingerprint density at radius 1 is 1.47 bits per heavy atom. The fraction of sp³-hybridized carbons (Fsp3) is 0.125. The molecule has 90 valence electrons. The smallest absolute Gasteiger partial charge is 0.364 e. The molecular formula is C8H5F3N4O2. The number of fused-ring (bicyclic) bond motifs is 1. The molecule has 2 rings (SSSR count). The number of hydrogen-bond acceptors (Lipinski definition) is 3. The highest BCUT2D eigenvalue weighted by Crippen LogP contribution is 2.33. The van der Waals surface area contributed by atoms with Gasteiger partial charge in [0.1, 0.15) is 11.1 Å². The van der Waals surface area contributed by atoms with Crippen LogP contribution >= 0.6 is 0 Å². The summed E-state index contributed by atoms with van der Waals surface area (Å²) in [5, 5.41) is 3.34. The van der Waals surface area contributed by atoms with Crippen LogP contribution in [0, 0.1) is 0 Å². The van der Waals surface area contributed by atoms with Gasteiger partial charge in [-0.2, -0.15) is 18.3 Å². The van der Waals surface area contributed by atoms with Gasteiger partial charge in [-0.25, -0.2) is 4.52 Å². The quantitative estimate of drug-likeness (QED) is 0.749. The third-order valence-corrected chi connectivity index (χ3v) is 2.07. The van der Waals surface area contributed by atoms with E-state index in [2.05, 4.69) is 10.1 Å². The van der Waals surface area contributed by atoms with Gasteiger partial charge in [-0.15, -0.1) is 0 Å². The van der Waals surface area contributed by atoms with Crippen LogP contribution in [-0.2, 0) is 6.18 Å². The van der Waals surface area contributed by atoms with Gasteiger partial charge < -0.3 is 10.7 Å². The lowest BCUT2D eigenvalue weighted by atomic mass is 10.2. The third kappa shape index (κ3) is 1.65. The lowest BCUT2D eigenvalue weighted by Gasteiger charge is -2.04. The summed E-state index contributed by atoms with van der Waals surface area (Å²) < 4.78 is 38.9. The summed E-state index contributed by atoms with van der Waals surface area (Å²) in [5.41, 5.74) is 0.640. The van der Waals surface area contributed by atoms with E-state index < -0.39 is 34.4 Å². The normalized spacial score (nSPS) is 11.9. The Morgan fingerprint density at radius 3 is 2.65 bits per heavy atom. The second kappa shape index (κ2) is 3.34. The molecule has 1 amide bonds. The third-order valence-electron chi connectivity index (χ3n) is 2.07. The van der Waals surface area contributed by atoms with Gasteiger partial charge in [0, 0.05) is 12.4 Å². The maximum atomic E-state index is 12.7. The number of rotatable bonds is 1. The van der Waals surface area contributed by atoms with Gasteiger partial charge in [-0.3, -0.25) is 9.59 Å². The van der Waals surface area contributed by atoms with E-state index in [0.29, 0.717) is 4.52 Å². The summed E-state index contributed by atoms with van der Waals surface area (Å²) >= 11 is 0. The van der Waals surface area contributed by atoms with E-state index in [1.807, 2.05) is 0 Å². The van der Waals surface area contributed by atoms with E-state index in [1.165, 1.54) is 0 Å². The number of nitrogens with one attached hydrogen (secondary N) is 1. The summed E-state index contributed by atoms with van der Waals surface area (Å²) in [6.45, 7) is 0. The predicted molar refractivity (Wildman–Crippen MR) is 49.3 cm³/mol. The van der Waals surface area contributed by atoms with E-state index >= 15 is 0 Å². The Labute approximate surface area is 90.8 Å². The summed E-state index contributed by atoms with van der Waals surface area (Å²) in [6.07, 6.45) is -2.70. The molecule has 0 saturated carbocycles. The Morgan fingerprint density at radius 2 is 2.12 bits per heavy atom. The van der Waals surface area contributed by atoms with Crippen molar-refractivity contribution in [2.75, 3.05) is 0 Å². The number of H-pyrrole nitrogens is 1.